The van der Waals surface area contributed by atoms with Crippen molar-refractivity contribution < 1.29 is 18.3 Å². The molecule has 0 bridgehead atoms. The average molecular weight is 284 g/mol. The molecule has 0 saturated heterocycles. The van der Waals surface area contributed by atoms with Crippen LogP contribution in [0.5, 0.6) is 0 Å². The molecule has 106 valence electrons. The molecule has 0 spiro atoms. The molecule has 1 aromatic heterocycles. The van der Waals surface area contributed by atoms with Crippen LogP contribution in [0.2, 0.25) is 0 Å². The van der Waals surface area contributed by atoms with Gasteiger partial charge in [-0.3, -0.25) is 0 Å². The van der Waals surface area contributed by atoms with Crippen LogP contribution in [0.25, 0.3) is 22.1 Å². The van der Waals surface area contributed by atoms with E-state index in [-0.39, 0.29) is 5.56 Å². The number of halogens is 1. The van der Waals surface area contributed by atoms with E-state index in [9.17, 15) is 9.18 Å². The summed E-state index contributed by atoms with van der Waals surface area (Å²) in [6.07, 6.45) is 1.60. The summed E-state index contributed by atoms with van der Waals surface area (Å²) >= 11 is 0. The van der Waals surface area contributed by atoms with Gasteiger partial charge in [0.2, 0.25) is 0 Å². The quantitative estimate of drug-likeness (QED) is 0.657. The highest BCUT2D eigenvalue weighted by molar-refractivity contribution is 6.02. The minimum absolute atomic E-state index is 0.114. The van der Waals surface area contributed by atoms with Crippen molar-refractivity contribution in [1.82, 2.24) is 0 Å². The topological polar surface area (TPSA) is 39.4 Å². The molecule has 3 nitrogen and oxygen atoms in total. The Morgan fingerprint density at radius 1 is 1.24 bits per heavy atom. The number of ether oxygens (including phenoxy) is 1. The first-order valence-electron chi connectivity index (χ1n) is 6.47. The third kappa shape index (κ3) is 2.18. The number of furan rings is 1. The van der Waals surface area contributed by atoms with Gasteiger partial charge in [0.25, 0.3) is 0 Å². The lowest BCUT2D eigenvalue weighted by molar-refractivity contribution is 0.0596. The number of hydrogen-bond donors (Lipinski definition) is 0. The van der Waals surface area contributed by atoms with E-state index >= 15 is 0 Å². The fourth-order valence-electron chi connectivity index (χ4n) is 2.40. The fraction of sp³-hybridized carbons (Fsp3) is 0.118. The monoisotopic (exact) mass is 284 g/mol. The molecule has 4 heteroatoms. The van der Waals surface area contributed by atoms with Crippen LogP contribution in [0.1, 0.15) is 15.9 Å². The maximum absolute atomic E-state index is 14.0. The van der Waals surface area contributed by atoms with Crippen LogP contribution in [0, 0.1) is 12.7 Å². The standard InChI is InChI=1S/C17H13FO3/c1-10-6-7-12-11(8-10)9-21-16(12)13-4-3-5-14(18)15(13)17(19)20-2/h3-9H,1-2H3. The number of hydrogen-bond acceptors (Lipinski definition) is 3. The summed E-state index contributed by atoms with van der Waals surface area (Å²) in [5.41, 5.74) is 1.37. The van der Waals surface area contributed by atoms with E-state index in [1.54, 1.807) is 18.4 Å². The Hall–Kier alpha value is -2.62. The SMILES string of the molecule is COC(=O)c1c(F)cccc1-c1occ2cc(C)ccc12. The molecule has 0 aliphatic carbocycles. The molecule has 0 N–H and O–H groups in total. The fourth-order valence-corrected chi connectivity index (χ4v) is 2.40. The van der Waals surface area contributed by atoms with Crippen LogP contribution in [-0.2, 0) is 4.74 Å². The van der Waals surface area contributed by atoms with E-state index in [4.69, 9.17) is 4.42 Å². The molecule has 0 saturated carbocycles. The number of aryl methyl sites for hydroxylation is 1. The molecule has 0 aliphatic rings. The molecule has 3 aromatic rings. The Balaban J connectivity index is 2.28. The minimum Gasteiger partial charge on any atom is -0.465 e. The highest BCUT2D eigenvalue weighted by atomic mass is 19.1. The van der Waals surface area contributed by atoms with E-state index in [0.29, 0.717) is 11.3 Å². The van der Waals surface area contributed by atoms with Gasteiger partial charge in [-0.15, -0.1) is 0 Å². The average Bonchev–Trinajstić information content (AvgIpc) is 2.89. The van der Waals surface area contributed by atoms with Gasteiger partial charge in [0.05, 0.1) is 13.4 Å². The molecule has 0 radical (unpaired) electrons. The summed E-state index contributed by atoms with van der Waals surface area (Å²) in [4.78, 5) is 11.8. The van der Waals surface area contributed by atoms with Crippen molar-refractivity contribution >= 4 is 16.7 Å². The Labute approximate surface area is 120 Å². The zero-order valence-corrected chi connectivity index (χ0v) is 11.6. The normalized spacial score (nSPS) is 10.8. The van der Waals surface area contributed by atoms with E-state index in [1.165, 1.54) is 13.2 Å². The van der Waals surface area contributed by atoms with Crippen molar-refractivity contribution in [1.29, 1.82) is 0 Å². The molecule has 0 atom stereocenters. The summed E-state index contributed by atoms with van der Waals surface area (Å²) in [5.74, 6) is -0.888. The van der Waals surface area contributed by atoms with E-state index in [0.717, 1.165) is 16.3 Å². The van der Waals surface area contributed by atoms with Crippen molar-refractivity contribution in [2.24, 2.45) is 0 Å². The van der Waals surface area contributed by atoms with Crippen molar-refractivity contribution in [2.45, 2.75) is 6.92 Å². The van der Waals surface area contributed by atoms with Crippen molar-refractivity contribution in [3.8, 4) is 11.3 Å². The molecule has 21 heavy (non-hydrogen) atoms. The van der Waals surface area contributed by atoms with Gasteiger partial charge in [-0.05, 0) is 19.1 Å². The zero-order chi connectivity index (χ0) is 15.0. The number of esters is 1. The highest BCUT2D eigenvalue weighted by Crippen LogP contribution is 2.34. The first-order chi connectivity index (χ1) is 10.1. The summed E-state index contributed by atoms with van der Waals surface area (Å²) in [5, 5.41) is 1.74. The first-order valence-corrected chi connectivity index (χ1v) is 6.47. The van der Waals surface area contributed by atoms with Crippen molar-refractivity contribution in [2.75, 3.05) is 7.11 Å². The van der Waals surface area contributed by atoms with Crippen molar-refractivity contribution in [3.63, 3.8) is 0 Å². The van der Waals surface area contributed by atoms with Gasteiger partial charge in [0.15, 0.2) is 0 Å². The molecule has 0 unspecified atom stereocenters. The summed E-state index contributed by atoms with van der Waals surface area (Å²) < 4.78 is 24.2. The Bertz CT molecular complexity index is 833. The van der Waals surface area contributed by atoms with Crippen molar-refractivity contribution in [3.05, 3.63) is 59.6 Å². The zero-order valence-electron chi connectivity index (χ0n) is 11.6. The largest absolute Gasteiger partial charge is 0.465 e. The molecule has 1 heterocycles. The van der Waals surface area contributed by atoms with Gasteiger partial charge in [-0.2, -0.15) is 0 Å². The van der Waals surface area contributed by atoms with E-state index < -0.39 is 11.8 Å². The first kappa shape index (κ1) is 13.4. The lowest BCUT2D eigenvalue weighted by Crippen LogP contribution is -2.06. The second kappa shape index (κ2) is 5.05. The lowest BCUT2D eigenvalue weighted by atomic mass is 10.0. The number of fused-ring (bicyclic) bond motifs is 1. The summed E-state index contributed by atoms with van der Waals surface area (Å²) in [6.45, 7) is 1.98. The molecule has 0 amide bonds. The number of carbonyl (C=O) groups excluding carboxylic acids is 1. The number of rotatable bonds is 2. The van der Waals surface area contributed by atoms with Gasteiger partial charge >= 0.3 is 5.97 Å². The molecule has 3 rings (SSSR count). The number of benzene rings is 2. The van der Waals surface area contributed by atoms with Crippen LogP contribution in [0.3, 0.4) is 0 Å². The Morgan fingerprint density at radius 2 is 2.05 bits per heavy atom. The predicted molar refractivity (Wildman–Crippen MR) is 77.7 cm³/mol. The number of carbonyl (C=O) groups is 1. The third-order valence-corrected chi connectivity index (χ3v) is 3.40. The highest BCUT2D eigenvalue weighted by Gasteiger charge is 2.21. The second-order valence-corrected chi connectivity index (χ2v) is 4.81. The van der Waals surface area contributed by atoms with Crippen LogP contribution in [0.15, 0.2) is 47.1 Å². The molecule has 0 fully saturated rings. The van der Waals surface area contributed by atoms with Gasteiger partial charge < -0.3 is 9.15 Å². The van der Waals surface area contributed by atoms with Crippen LogP contribution in [0.4, 0.5) is 4.39 Å². The molecule has 0 aliphatic heterocycles. The third-order valence-electron chi connectivity index (χ3n) is 3.40. The van der Waals surface area contributed by atoms with Gasteiger partial charge in [-0.1, -0.05) is 29.8 Å². The smallest absolute Gasteiger partial charge is 0.341 e. The maximum atomic E-state index is 14.0. The second-order valence-electron chi connectivity index (χ2n) is 4.81. The molecular formula is C17H13FO3. The van der Waals surface area contributed by atoms with Gasteiger partial charge in [0, 0.05) is 16.3 Å². The molecule has 2 aromatic carbocycles. The van der Waals surface area contributed by atoms with Crippen LogP contribution in [-0.4, -0.2) is 13.1 Å². The summed E-state index contributed by atoms with van der Waals surface area (Å²) in [6, 6.07) is 10.2. The maximum Gasteiger partial charge on any atom is 0.341 e. The van der Waals surface area contributed by atoms with E-state index in [2.05, 4.69) is 4.74 Å². The lowest BCUT2D eigenvalue weighted by Gasteiger charge is -2.07. The summed E-state index contributed by atoms with van der Waals surface area (Å²) in [7, 11) is 1.22. The van der Waals surface area contributed by atoms with E-state index in [1.807, 2.05) is 25.1 Å². The molecular weight excluding hydrogens is 271 g/mol. The van der Waals surface area contributed by atoms with Crippen LogP contribution < -0.4 is 0 Å². The van der Waals surface area contributed by atoms with Gasteiger partial charge in [-0.25, -0.2) is 9.18 Å². The Morgan fingerprint density at radius 3 is 2.81 bits per heavy atom. The van der Waals surface area contributed by atoms with Crippen LogP contribution >= 0.6 is 0 Å². The van der Waals surface area contributed by atoms with Gasteiger partial charge in [0.1, 0.15) is 17.1 Å². The predicted octanol–water partition coefficient (Wildman–Crippen LogP) is 4.33. The Kier molecular flexibility index (Phi) is 3.22. The number of methoxy groups -OCH3 is 1. The minimum atomic E-state index is -0.722.